The zero-order valence-corrected chi connectivity index (χ0v) is 25.4. The van der Waals surface area contributed by atoms with Gasteiger partial charge in [0.25, 0.3) is 10.0 Å². The topological polar surface area (TPSA) is 96.0 Å². The van der Waals surface area contributed by atoms with Crippen LogP contribution in [-0.2, 0) is 26.2 Å². The van der Waals surface area contributed by atoms with Gasteiger partial charge in [-0.15, -0.1) is 0 Å². The van der Waals surface area contributed by atoms with Crippen LogP contribution in [0.2, 0.25) is 0 Å². The van der Waals surface area contributed by atoms with Crippen molar-refractivity contribution in [2.24, 2.45) is 0 Å². The van der Waals surface area contributed by atoms with E-state index in [1.807, 2.05) is 52.0 Å². The molecule has 3 aromatic rings. The van der Waals surface area contributed by atoms with E-state index in [-0.39, 0.29) is 23.0 Å². The minimum absolute atomic E-state index is 0.0534. The van der Waals surface area contributed by atoms with Crippen LogP contribution < -0.4 is 14.4 Å². The van der Waals surface area contributed by atoms with Crippen molar-refractivity contribution in [3.8, 4) is 5.75 Å². The molecule has 0 aliphatic carbocycles. The number of carbonyl (C=O) groups is 2. The number of hydrogen-bond donors (Lipinski definition) is 1. The van der Waals surface area contributed by atoms with Gasteiger partial charge in [-0.05, 0) is 63.9 Å². The number of rotatable bonds is 14. The van der Waals surface area contributed by atoms with E-state index < -0.39 is 28.5 Å². The minimum Gasteiger partial charge on any atom is -0.492 e. The maximum Gasteiger partial charge on any atom is 0.264 e. The number of para-hydroxylation sites is 2. The van der Waals surface area contributed by atoms with Crippen LogP contribution in [0.1, 0.15) is 50.3 Å². The Morgan fingerprint density at radius 1 is 0.902 bits per heavy atom. The molecule has 0 heterocycles. The molecule has 41 heavy (non-hydrogen) atoms. The normalized spacial score (nSPS) is 11.9. The monoisotopic (exact) mass is 579 g/mol. The van der Waals surface area contributed by atoms with Gasteiger partial charge in [0.1, 0.15) is 18.3 Å². The fourth-order valence-electron chi connectivity index (χ4n) is 4.30. The van der Waals surface area contributed by atoms with Crippen LogP contribution >= 0.6 is 0 Å². The minimum atomic E-state index is -4.18. The average Bonchev–Trinajstić information content (AvgIpc) is 2.96. The highest BCUT2D eigenvalue weighted by Gasteiger charge is 2.33. The smallest absolute Gasteiger partial charge is 0.264 e. The third kappa shape index (κ3) is 8.33. The van der Waals surface area contributed by atoms with Crippen molar-refractivity contribution in [2.45, 2.75) is 64.9 Å². The van der Waals surface area contributed by atoms with Gasteiger partial charge >= 0.3 is 0 Å². The van der Waals surface area contributed by atoms with Gasteiger partial charge in [-0.25, -0.2) is 8.42 Å². The van der Waals surface area contributed by atoms with Crippen molar-refractivity contribution in [3.63, 3.8) is 0 Å². The standard InChI is InChI=1S/C32H41N3O5S/c1-6-8-21-33-32(37)26(5)34(22-27-17-13-24(3)14-18-27)31(36)23-35(29-11-9-10-12-30(29)40-7-2)41(38,39)28-19-15-25(4)16-20-28/h9-20,26H,6-8,21-23H2,1-5H3,(H,33,37)/t26-/m1/s1. The molecule has 0 saturated heterocycles. The summed E-state index contributed by atoms with van der Waals surface area (Å²) >= 11 is 0. The molecule has 0 bridgehead atoms. The molecule has 0 spiro atoms. The Morgan fingerprint density at radius 2 is 1.51 bits per heavy atom. The summed E-state index contributed by atoms with van der Waals surface area (Å²) in [7, 11) is -4.18. The third-order valence-electron chi connectivity index (χ3n) is 6.79. The van der Waals surface area contributed by atoms with Gasteiger partial charge in [0.05, 0.1) is 17.2 Å². The first kappa shape index (κ1) is 31.7. The second-order valence-corrected chi connectivity index (χ2v) is 11.9. The average molecular weight is 580 g/mol. The summed E-state index contributed by atoms with van der Waals surface area (Å²) in [5, 5.41) is 2.90. The van der Waals surface area contributed by atoms with E-state index in [9.17, 15) is 18.0 Å². The molecule has 0 radical (unpaired) electrons. The van der Waals surface area contributed by atoms with Crippen LogP contribution in [-0.4, -0.2) is 50.9 Å². The number of amides is 2. The van der Waals surface area contributed by atoms with Crippen LogP contribution in [0.3, 0.4) is 0 Å². The predicted octanol–water partition coefficient (Wildman–Crippen LogP) is 5.23. The Labute approximate surface area is 244 Å². The second kappa shape index (κ2) is 14.7. The number of nitrogens with one attached hydrogen (secondary N) is 1. The summed E-state index contributed by atoms with van der Waals surface area (Å²) in [6, 6.07) is 20.1. The van der Waals surface area contributed by atoms with E-state index in [4.69, 9.17) is 4.74 Å². The van der Waals surface area contributed by atoms with Gasteiger partial charge in [-0.2, -0.15) is 0 Å². The van der Waals surface area contributed by atoms with Gasteiger partial charge in [-0.1, -0.05) is 73.0 Å². The van der Waals surface area contributed by atoms with Crippen molar-refractivity contribution < 1.29 is 22.7 Å². The molecule has 3 rings (SSSR count). The number of aryl methyl sites for hydroxylation is 2. The Hall–Kier alpha value is -3.85. The lowest BCUT2D eigenvalue weighted by Gasteiger charge is -2.32. The van der Waals surface area contributed by atoms with Crippen molar-refractivity contribution >= 4 is 27.5 Å². The maximum atomic E-state index is 14.1. The highest BCUT2D eigenvalue weighted by Crippen LogP contribution is 2.33. The summed E-state index contributed by atoms with van der Waals surface area (Å²) in [5.74, 6) is -0.457. The van der Waals surface area contributed by atoms with Gasteiger partial charge < -0.3 is 15.0 Å². The van der Waals surface area contributed by atoms with Crippen LogP contribution in [0.25, 0.3) is 0 Å². The SMILES string of the molecule is CCCCNC(=O)[C@@H](C)N(Cc1ccc(C)cc1)C(=O)CN(c1ccccc1OCC)S(=O)(=O)c1ccc(C)cc1. The number of hydrogen-bond acceptors (Lipinski definition) is 5. The molecule has 0 unspecified atom stereocenters. The summed E-state index contributed by atoms with van der Waals surface area (Å²) in [6.45, 7) is 9.80. The third-order valence-corrected chi connectivity index (χ3v) is 8.57. The second-order valence-electron chi connectivity index (χ2n) is 10.1. The van der Waals surface area contributed by atoms with Gasteiger partial charge in [-0.3, -0.25) is 13.9 Å². The van der Waals surface area contributed by atoms with E-state index in [1.165, 1.54) is 17.0 Å². The first-order valence-electron chi connectivity index (χ1n) is 14.0. The Bertz CT molecular complexity index is 1410. The highest BCUT2D eigenvalue weighted by molar-refractivity contribution is 7.92. The maximum absolute atomic E-state index is 14.1. The molecular weight excluding hydrogens is 538 g/mol. The molecule has 9 heteroatoms. The van der Waals surface area contributed by atoms with Crippen molar-refractivity contribution in [2.75, 3.05) is 24.0 Å². The molecular formula is C32H41N3O5S. The molecule has 0 aromatic heterocycles. The molecule has 2 amide bonds. The van der Waals surface area contributed by atoms with Crippen LogP contribution in [0.15, 0.2) is 77.7 Å². The van der Waals surface area contributed by atoms with Crippen molar-refractivity contribution in [1.29, 1.82) is 0 Å². The molecule has 1 atom stereocenters. The van der Waals surface area contributed by atoms with Gasteiger partial charge in [0, 0.05) is 13.1 Å². The summed E-state index contributed by atoms with van der Waals surface area (Å²) in [6.07, 6.45) is 1.74. The summed E-state index contributed by atoms with van der Waals surface area (Å²) < 4.78 is 34.9. The molecule has 1 N–H and O–H groups in total. The summed E-state index contributed by atoms with van der Waals surface area (Å²) in [4.78, 5) is 28.7. The highest BCUT2D eigenvalue weighted by atomic mass is 32.2. The Morgan fingerprint density at radius 3 is 2.12 bits per heavy atom. The van der Waals surface area contributed by atoms with Crippen molar-refractivity contribution in [1.82, 2.24) is 10.2 Å². The molecule has 0 saturated carbocycles. The first-order valence-corrected chi connectivity index (χ1v) is 15.5. The van der Waals surface area contributed by atoms with Crippen molar-refractivity contribution in [3.05, 3.63) is 89.5 Å². The van der Waals surface area contributed by atoms with E-state index in [0.717, 1.165) is 33.8 Å². The number of unbranched alkanes of at least 4 members (excludes halogenated alkanes) is 1. The van der Waals surface area contributed by atoms with E-state index >= 15 is 0 Å². The molecule has 8 nitrogen and oxygen atoms in total. The lowest BCUT2D eigenvalue weighted by molar-refractivity contribution is -0.139. The molecule has 220 valence electrons. The van der Waals surface area contributed by atoms with Crippen LogP contribution in [0.5, 0.6) is 5.75 Å². The number of carbonyl (C=O) groups excluding carboxylic acids is 2. The molecule has 0 aliphatic heterocycles. The Kier molecular flexibility index (Phi) is 11.3. The molecule has 0 fully saturated rings. The van der Waals surface area contributed by atoms with E-state index in [1.54, 1.807) is 43.3 Å². The predicted molar refractivity (Wildman–Crippen MR) is 162 cm³/mol. The molecule has 3 aromatic carbocycles. The van der Waals surface area contributed by atoms with Gasteiger partial charge in [0.15, 0.2) is 0 Å². The zero-order valence-electron chi connectivity index (χ0n) is 24.6. The lowest BCUT2D eigenvalue weighted by atomic mass is 10.1. The quantitative estimate of drug-likeness (QED) is 0.264. The molecule has 0 aliphatic rings. The van der Waals surface area contributed by atoms with E-state index in [2.05, 4.69) is 5.32 Å². The first-order chi connectivity index (χ1) is 19.6. The lowest BCUT2D eigenvalue weighted by Crippen LogP contribution is -2.51. The Balaban J connectivity index is 2.04. The number of anilines is 1. The number of nitrogens with zero attached hydrogens (tertiary/aromatic N) is 2. The van der Waals surface area contributed by atoms with E-state index in [0.29, 0.717) is 18.9 Å². The fourth-order valence-corrected chi connectivity index (χ4v) is 5.73. The van der Waals surface area contributed by atoms with Crippen LogP contribution in [0.4, 0.5) is 5.69 Å². The van der Waals surface area contributed by atoms with Gasteiger partial charge in [0.2, 0.25) is 11.8 Å². The summed E-state index contributed by atoms with van der Waals surface area (Å²) in [5.41, 5.74) is 3.06. The largest absolute Gasteiger partial charge is 0.492 e. The zero-order chi connectivity index (χ0) is 30.0. The number of benzene rings is 3. The van der Waals surface area contributed by atoms with Crippen LogP contribution in [0, 0.1) is 13.8 Å². The fraction of sp³-hybridized carbons (Fsp3) is 0.375. The number of ether oxygens (including phenoxy) is 1. The number of sulfonamides is 1.